The van der Waals surface area contributed by atoms with Crippen molar-refractivity contribution < 1.29 is 27.8 Å². The van der Waals surface area contributed by atoms with Crippen molar-refractivity contribution in [2.24, 2.45) is 0 Å². The SMILES string of the molecule is COc1ccc2c(c1)[C@@H](N1[C@@H]3COC4(CC4)CN3C(=O)c3c(OCc4ccccc4)c(=O)ccn31)c1ccc(F)c(F)c1CS2. The highest BCUT2D eigenvalue weighted by Crippen LogP contribution is 2.49. The average molecular weight is 630 g/mol. The highest BCUT2D eigenvalue weighted by molar-refractivity contribution is 7.98. The van der Waals surface area contributed by atoms with E-state index >= 15 is 4.39 Å². The number of hydrogen-bond donors (Lipinski definition) is 0. The maximum absolute atomic E-state index is 15.6. The minimum atomic E-state index is -0.926. The number of nitrogens with zero attached hydrogens (tertiary/aromatic N) is 3. The van der Waals surface area contributed by atoms with Gasteiger partial charge in [0.2, 0.25) is 5.43 Å². The van der Waals surface area contributed by atoms with Crippen molar-refractivity contribution >= 4 is 17.7 Å². The third kappa shape index (κ3) is 4.59. The summed E-state index contributed by atoms with van der Waals surface area (Å²) in [7, 11) is 1.57. The standard InChI is InChI=1S/C34H29F2N3O5S/c1-42-21-7-10-27-23(15-21)30(22-8-9-25(35)29(36)24(22)18-45-27)39-28-17-44-34(12-13-34)19-37(28)33(41)31-32(26(40)11-14-38(31)39)43-16-20-5-3-2-4-6-20/h2-11,14-15,28,30H,12-13,16-19H2,1H3/t28-,30+/m1/s1. The molecule has 3 aromatic carbocycles. The zero-order valence-electron chi connectivity index (χ0n) is 24.4. The Kier molecular flexibility index (Phi) is 6.65. The molecule has 0 bridgehead atoms. The van der Waals surface area contributed by atoms with Gasteiger partial charge in [-0.1, -0.05) is 36.4 Å². The molecule has 0 unspecified atom stereocenters. The summed E-state index contributed by atoms with van der Waals surface area (Å²) in [6, 6.07) is 18.5. The number of halogens is 2. The van der Waals surface area contributed by atoms with Gasteiger partial charge in [-0.05, 0) is 53.8 Å². The molecule has 0 N–H and O–H groups in total. The summed E-state index contributed by atoms with van der Waals surface area (Å²) < 4.78 is 50.0. The van der Waals surface area contributed by atoms with Crippen molar-refractivity contribution in [1.82, 2.24) is 9.58 Å². The van der Waals surface area contributed by atoms with E-state index in [-0.39, 0.29) is 41.9 Å². The van der Waals surface area contributed by atoms with Crippen LogP contribution in [0.25, 0.3) is 0 Å². The van der Waals surface area contributed by atoms with Crippen molar-refractivity contribution in [2.75, 3.05) is 25.3 Å². The zero-order chi connectivity index (χ0) is 30.9. The minimum Gasteiger partial charge on any atom is -0.497 e. The number of methoxy groups -OCH3 is 1. The first-order valence-electron chi connectivity index (χ1n) is 14.8. The Labute approximate surface area is 262 Å². The summed E-state index contributed by atoms with van der Waals surface area (Å²) >= 11 is 1.41. The van der Waals surface area contributed by atoms with Crippen molar-refractivity contribution in [3.8, 4) is 11.5 Å². The van der Waals surface area contributed by atoms with Gasteiger partial charge in [-0.25, -0.2) is 8.78 Å². The molecule has 2 atom stereocenters. The van der Waals surface area contributed by atoms with Crippen LogP contribution in [0, 0.1) is 11.6 Å². The summed E-state index contributed by atoms with van der Waals surface area (Å²) in [5.41, 5.74) is 1.65. The van der Waals surface area contributed by atoms with Crippen molar-refractivity contribution in [3.05, 3.63) is 123 Å². The number of amides is 1. The Morgan fingerprint density at radius 1 is 1.02 bits per heavy atom. The molecular formula is C34H29F2N3O5S. The van der Waals surface area contributed by atoms with Crippen molar-refractivity contribution in [3.63, 3.8) is 0 Å². The molecule has 4 heterocycles. The molecule has 3 aliphatic heterocycles. The predicted molar refractivity (Wildman–Crippen MR) is 163 cm³/mol. The zero-order valence-corrected chi connectivity index (χ0v) is 25.2. The van der Waals surface area contributed by atoms with E-state index in [0.29, 0.717) is 17.9 Å². The average Bonchev–Trinajstić information content (AvgIpc) is 3.84. The van der Waals surface area contributed by atoms with Gasteiger partial charge in [0, 0.05) is 28.5 Å². The number of aromatic nitrogens is 1. The van der Waals surface area contributed by atoms with Crippen LogP contribution in [0.4, 0.5) is 8.78 Å². The fourth-order valence-electron chi connectivity index (χ4n) is 6.62. The first-order valence-corrected chi connectivity index (χ1v) is 15.8. The summed E-state index contributed by atoms with van der Waals surface area (Å²) in [5, 5.41) is 1.95. The van der Waals surface area contributed by atoms with Crippen LogP contribution in [-0.2, 0) is 17.1 Å². The Morgan fingerprint density at radius 3 is 2.62 bits per heavy atom. The second kappa shape index (κ2) is 10.6. The van der Waals surface area contributed by atoms with Gasteiger partial charge in [-0.3, -0.25) is 19.3 Å². The van der Waals surface area contributed by atoms with Gasteiger partial charge in [0.05, 0.1) is 31.9 Å². The lowest BCUT2D eigenvalue weighted by molar-refractivity contribution is -0.0790. The summed E-state index contributed by atoms with van der Waals surface area (Å²) in [6.07, 6.45) is 2.60. The lowest BCUT2D eigenvalue weighted by Crippen LogP contribution is -2.68. The van der Waals surface area contributed by atoms with Crippen LogP contribution < -0.4 is 19.9 Å². The van der Waals surface area contributed by atoms with E-state index in [2.05, 4.69) is 0 Å². The van der Waals surface area contributed by atoms with Crippen LogP contribution in [0.1, 0.15) is 51.6 Å². The summed E-state index contributed by atoms with van der Waals surface area (Å²) in [5.74, 6) is -1.43. The number of morpholine rings is 1. The number of carbonyl (C=O) groups is 1. The fourth-order valence-corrected chi connectivity index (χ4v) is 7.72. The third-order valence-corrected chi connectivity index (χ3v) is 10.2. The second-order valence-electron chi connectivity index (χ2n) is 11.8. The first-order chi connectivity index (χ1) is 21.9. The largest absolute Gasteiger partial charge is 0.497 e. The van der Waals surface area contributed by atoms with Crippen LogP contribution >= 0.6 is 11.8 Å². The van der Waals surface area contributed by atoms with Gasteiger partial charge in [0.15, 0.2) is 23.1 Å². The van der Waals surface area contributed by atoms with Crippen LogP contribution in [-0.4, -0.2) is 47.5 Å². The topological polar surface area (TPSA) is 73.2 Å². The molecule has 1 saturated carbocycles. The lowest BCUT2D eigenvalue weighted by Gasteiger charge is -2.53. The molecule has 8 rings (SSSR count). The fraction of sp³-hybridized carbons (Fsp3) is 0.294. The van der Waals surface area contributed by atoms with Crippen LogP contribution in [0.2, 0.25) is 0 Å². The minimum absolute atomic E-state index is 0.0643. The summed E-state index contributed by atoms with van der Waals surface area (Å²) in [4.78, 5) is 30.4. The quantitative estimate of drug-likeness (QED) is 0.293. The number of benzene rings is 3. The Morgan fingerprint density at radius 2 is 1.84 bits per heavy atom. The van der Waals surface area contributed by atoms with E-state index in [9.17, 15) is 14.0 Å². The third-order valence-electron chi connectivity index (χ3n) is 9.12. The molecule has 2 fully saturated rings. The second-order valence-corrected chi connectivity index (χ2v) is 12.8. The Bertz CT molecular complexity index is 1900. The molecule has 230 valence electrons. The van der Waals surface area contributed by atoms with E-state index in [1.165, 1.54) is 17.8 Å². The number of rotatable bonds is 5. The normalized spacial score (nSPS) is 20.9. The molecule has 1 aromatic heterocycles. The highest BCUT2D eigenvalue weighted by Gasteiger charge is 2.56. The summed E-state index contributed by atoms with van der Waals surface area (Å²) in [6.45, 7) is 0.620. The van der Waals surface area contributed by atoms with Crippen LogP contribution in [0.5, 0.6) is 11.5 Å². The van der Waals surface area contributed by atoms with E-state index in [4.69, 9.17) is 14.2 Å². The van der Waals surface area contributed by atoms with E-state index < -0.39 is 34.9 Å². The van der Waals surface area contributed by atoms with E-state index in [0.717, 1.165) is 34.9 Å². The van der Waals surface area contributed by atoms with Gasteiger partial charge >= 0.3 is 0 Å². The molecule has 1 aliphatic carbocycles. The first kappa shape index (κ1) is 28.1. The number of pyridine rings is 1. The molecule has 4 aliphatic rings. The number of hydrogen-bond acceptors (Lipinski definition) is 7. The Balaban J connectivity index is 1.36. The smallest absolute Gasteiger partial charge is 0.278 e. The molecule has 8 nitrogen and oxygen atoms in total. The maximum Gasteiger partial charge on any atom is 0.278 e. The molecule has 1 amide bonds. The van der Waals surface area contributed by atoms with Gasteiger partial charge in [0.25, 0.3) is 5.91 Å². The molecule has 1 spiro atoms. The van der Waals surface area contributed by atoms with Crippen LogP contribution in [0.15, 0.2) is 82.6 Å². The molecular weight excluding hydrogens is 600 g/mol. The predicted octanol–water partition coefficient (Wildman–Crippen LogP) is 5.39. The van der Waals surface area contributed by atoms with E-state index in [1.54, 1.807) is 28.9 Å². The number of thioether (sulfide) groups is 1. The van der Waals surface area contributed by atoms with Gasteiger partial charge in [0.1, 0.15) is 18.5 Å². The van der Waals surface area contributed by atoms with Crippen LogP contribution in [0.3, 0.4) is 0 Å². The van der Waals surface area contributed by atoms with E-state index in [1.807, 2.05) is 53.5 Å². The lowest BCUT2D eigenvalue weighted by atomic mass is 9.92. The van der Waals surface area contributed by atoms with Gasteiger partial charge in [-0.15, -0.1) is 11.8 Å². The van der Waals surface area contributed by atoms with Gasteiger partial charge in [-0.2, -0.15) is 0 Å². The van der Waals surface area contributed by atoms with Crippen molar-refractivity contribution in [1.29, 1.82) is 0 Å². The number of fused-ring (bicyclic) bond motifs is 4. The highest BCUT2D eigenvalue weighted by atomic mass is 32.2. The molecule has 4 aromatic rings. The molecule has 11 heteroatoms. The van der Waals surface area contributed by atoms with Crippen molar-refractivity contribution in [2.45, 2.75) is 47.9 Å². The number of carbonyl (C=O) groups excluding carboxylic acids is 1. The Hall–Kier alpha value is -4.35. The molecule has 1 saturated heterocycles. The molecule has 0 radical (unpaired) electrons. The van der Waals surface area contributed by atoms with Gasteiger partial charge < -0.3 is 19.1 Å². The number of ether oxygens (including phenoxy) is 3. The monoisotopic (exact) mass is 629 g/mol. The maximum atomic E-state index is 15.6. The molecule has 45 heavy (non-hydrogen) atoms.